The van der Waals surface area contributed by atoms with E-state index in [1.165, 1.54) is 0 Å². The Balaban J connectivity index is 2.44. The van der Waals surface area contributed by atoms with E-state index < -0.39 is 12.0 Å². The van der Waals surface area contributed by atoms with E-state index in [0.29, 0.717) is 19.3 Å². The molecule has 0 radical (unpaired) electrons. The Morgan fingerprint density at radius 2 is 1.90 bits per heavy atom. The molecule has 4 N–H and O–H groups in total. The number of hydrogen-bond acceptors (Lipinski definition) is 3. The van der Waals surface area contributed by atoms with Gasteiger partial charge in [0.2, 0.25) is 5.91 Å². The van der Waals surface area contributed by atoms with Gasteiger partial charge in [0.1, 0.15) is 6.04 Å². The third-order valence-electron chi connectivity index (χ3n) is 3.02. The fourth-order valence-corrected chi connectivity index (χ4v) is 1.84. The van der Waals surface area contributed by atoms with E-state index in [1.54, 1.807) is 0 Å². The van der Waals surface area contributed by atoms with Gasteiger partial charge in [0, 0.05) is 12.5 Å². The van der Waals surface area contributed by atoms with Crippen molar-refractivity contribution in [3.63, 3.8) is 0 Å². The van der Waals surface area contributed by atoms with E-state index in [1.807, 2.05) is 37.3 Å². The number of aryl methyl sites for hydroxylation is 1. The highest BCUT2D eigenvalue weighted by Gasteiger charge is 2.19. The minimum Gasteiger partial charge on any atom is -0.480 e. The molecule has 0 aliphatic carbocycles. The Hall–Kier alpha value is -1.88. The normalized spacial score (nSPS) is 13.5. The van der Waals surface area contributed by atoms with E-state index in [2.05, 4.69) is 5.32 Å². The van der Waals surface area contributed by atoms with Crippen LogP contribution in [0, 0.1) is 0 Å². The summed E-state index contributed by atoms with van der Waals surface area (Å²) in [6, 6.07) is 8.70. The van der Waals surface area contributed by atoms with Gasteiger partial charge in [-0.1, -0.05) is 30.3 Å². The van der Waals surface area contributed by atoms with E-state index in [-0.39, 0.29) is 18.4 Å². The zero-order valence-electron chi connectivity index (χ0n) is 11.7. The highest BCUT2D eigenvalue weighted by molar-refractivity contribution is 5.83. The quantitative estimate of drug-likeness (QED) is 0.668. The van der Waals surface area contributed by atoms with Crippen molar-refractivity contribution in [1.82, 2.24) is 5.32 Å². The van der Waals surface area contributed by atoms with Gasteiger partial charge in [-0.05, 0) is 31.7 Å². The number of carbonyl (C=O) groups excluding carboxylic acids is 1. The second-order valence-electron chi connectivity index (χ2n) is 5.00. The van der Waals surface area contributed by atoms with E-state index in [4.69, 9.17) is 10.8 Å². The second-order valence-corrected chi connectivity index (χ2v) is 5.00. The molecule has 0 heterocycles. The Kier molecular flexibility index (Phi) is 6.73. The number of nitrogens with one attached hydrogen (secondary N) is 1. The van der Waals surface area contributed by atoms with Crippen LogP contribution >= 0.6 is 0 Å². The van der Waals surface area contributed by atoms with Crippen LogP contribution in [0.25, 0.3) is 0 Å². The second kappa shape index (κ2) is 8.32. The molecule has 1 aromatic rings. The number of carbonyl (C=O) groups is 2. The fourth-order valence-electron chi connectivity index (χ4n) is 1.84. The summed E-state index contributed by atoms with van der Waals surface area (Å²) >= 11 is 0. The maximum Gasteiger partial charge on any atom is 0.326 e. The molecule has 110 valence electrons. The Morgan fingerprint density at radius 3 is 2.45 bits per heavy atom. The van der Waals surface area contributed by atoms with Crippen molar-refractivity contribution < 1.29 is 14.7 Å². The first-order valence-corrected chi connectivity index (χ1v) is 6.80. The number of hydrogen-bond donors (Lipinski definition) is 3. The van der Waals surface area contributed by atoms with Crippen molar-refractivity contribution in [1.29, 1.82) is 0 Å². The van der Waals surface area contributed by atoms with Gasteiger partial charge in [-0.25, -0.2) is 4.79 Å². The van der Waals surface area contributed by atoms with Crippen LogP contribution in [0.5, 0.6) is 0 Å². The molecule has 5 heteroatoms. The first-order chi connectivity index (χ1) is 9.49. The summed E-state index contributed by atoms with van der Waals surface area (Å²) in [5.41, 5.74) is 6.63. The van der Waals surface area contributed by atoms with Gasteiger partial charge in [-0.15, -0.1) is 0 Å². The number of amides is 1. The average molecular weight is 278 g/mol. The molecule has 1 amide bonds. The van der Waals surface area contributed by atoms with Gasteiger partial charge in [0.15, 0.2) is 0 Å². The first kappa shape index (κ1) is 16.2. The smallest absolute Gasteiger partial charge is 0.326 e. The molecule has 0 spiro atoms. The van der Waals surface area contributed by atoms with E-state index in [0.717, 1.165) is 5.56 Å². The molecule has 20 heavy (non-hydrogen) atoms. The van der Waals surface area contributed by atoms with E-state index in [9.17, 15) is 9.59 Å². The summed E-state index contributed by atoms with van der Waals surface area (Å²) in [5, 5.41) is 11.7. The van der Waals surface area contributed by atoms with Crippen LogP contribution in [0.15, 0.2) is 30.3 Å². The highest BCUT2D eigenvalue weighted by atomic mass is 16.4. The van der Waals surface area contributed by atoms with Gasteiger partial charge in [0.05, 0.1) is 0 Å². The molecular weight excluding hydrogens is 256 g/mol. The molecule has 0 saturated carbocycles. The number of nitrogens with two attached hydrogens (primary N) is 1. The summed E-state index contributed by atoms with van der Waals surface area (Å²) in [6.07, 6.45) is 1.80. The molecule has 1 rings (SSSR count). The minimum atomic E-state index is -1.00. The molecule has 0 aromatic heterocycles. The fraction of sp³-hybridized carbons (Fsp3) is 0.467. The van der Waals surface area contributed by atoms with Gasteiger partial charge in [0.25, 0.3) is 0 Å². The summed E-state index contributed by atoms with van der Waals surface area (Å²) in [7, 11) is 0. The van der Waals surface area contributed by atoms with Gasteiger partial charge in [-0.2, -0.15) is 0 Å². The summed E-state index contributed by atoms with van der Waals surface area (Å²) in [6.45, 7) is 1.82. The van der Waals surface area contributed by atoms with Crippen LogP contribution < -0.4 is 11.1 Å². The number of rotatable bonds is 8. The summed E-state index contributed by atoms with van der Waals surface area (Å²) in [4.78, 5) is 22.8. The molecule has 0 bridgehead atoms. The number of carboxylic acids is 1. The van der Waals surface area contributed by atoms with Crippen LogP contribution in [-0.2, 0) is 16.0 Å². The highest BCUT2D eigenvalue weighted by Crippen LogP contribution is 2.06. The molecule has 2 unspecified atom stereocenters. The first-order valence-electron chi connectivity index (χ1n) is 6.80. The predicted octanol–water partition coefficient (Wildman–Crippen LogP) is 1.32. The molecular formula is C15H22N2O3. The average Bonchev–Trinajstić information content (AvgIpc) is 2.42. The monoisotopic (exact) mass is 278 g/mol. The third kappa shape index (κ3) is 6.33. The maximum atomic E-state index is 11.6. The van der Waals surface area contributed by atoms with Crippen molar-refractivity contribution in [2.75, 3.05) is 0 Å². The van der Waals surface area contributed by atoms with Crippen LogP contribution in [0.4, 0.5) is 0 Å². The van der Waals surface area contributed by atoms with Crippen molar-refractivity contribution in [2.24, 2.45) is 5.73 Å². The number of carboxylic acid groups (broad SMARTS) is 1. The largest absolute Gasteiger partial charge is 0.480 e. The lowest BCUT2D eigenvalue weighted by molar-refractivity contribution is -0.142. The molecule has 0 saturated heterocycles. The van der Waals surface area contributed by atoms with Gasteiger partial charge < -0.3 is 16.2 Å². The van der Waals surface area contributed by atoms with Crippen molar-refractivity contribution in [3.05, 3.63) is 35.9 Å². The zero-order valence-corrected chi connectivity index (χ0v) is 11.7. The van der Waals surface area contributed by atoms with Crippen molar-refractivity contribution in [2.45, 2.75) is 44.7 Å². The van der Waals surface area contributed by atoms with Crippen molar-refractivity contribution in [3.8, 4) is 0 Å². The van der Waals surface area contributed by atoms with Gasteiger partial charge in [-0.3, -0.25) is 4.79 Å². The van der Waals surface area contributed by atoms with Gasteiger partial charge >= 0.3 is 5.97 Å². The minimum absolute atomic E-state index is 0.0617. The van der Waals surface area contributed by atoms with E-state index >= 15 is 0 Å². The lowest BCUT2D eigenvalue weighted by Gasteiger charge is -2.15. The van der Waals surface area contributed by atoms with Crippen LogP contribution in [-0.4, -0.2) is 29.1 Å². The third-order valence-corrected chi connectivity index (χ3v) is 3.02. The summed E-state index contributed by atoms with van der Waals surface area (Å²) in [5.74, 6) is -1.27. The van der Waals surface area contributed by atoms with Crippen LogP contribution in [0.2, 0.25) is 0 Å². The van der Waals surface area contributed by atoms with Crippen molar-refractivity contribution >= 4 is 11.9 Å². The summed E-state index contributed by atoms with van der Waals surface area (Å²) < 4.78 is 0. The SMILES string of the molecule is CC(N)CCC(=O)NC(CCc1ccccc1)C(=O)O. The molecule has 1 aromatic carbocycles. The topological polar surface area (TPSA) is 92.4 Å². The molecule has 2 atom stereocenters. The number of benzene rings is 1. The Morgan fingerprint density at radius 1 is 1.25 bits per heavy atom. The van der Waals surface area contributed by atoms with Crippen LogP contribution in [0.1, 0.15) is 31.7 Å². The molecule has 0 fully saturated rings. The maximum absolute atomic E-state index is 11.6. The Labute approximate surface area is 119 Å². The molecule has 5 nitrogen and oxygen atoms in total. The molecule has 0 aliphatic heterocycles. The molecule has 0 aliphatic rings. The standard InChI is InChI=1S/C15H22N2O3/c1-11(16)7-10-14(18)17-13(15(19)20)9-8-12-5-3-2-4-6-12/h2-6,11,13H,7-10,16H2,1H3,(H,17,18)(H,19,20). The lowest BCUT2D eigenvalue weighted by atomic mass is 10.0. The predicted molar refractivity (Wildman–Crippen MR) is 77.2 cm³/mol. The number of aliphatic carboxylic acids is 1. The van der Waals surface area contributed by atoms with Crippen LogP contribution in [0.3, 0.4) is 0 Å². The Bertz CT molecular complexity index is 432. The lowest BCUT2D eigenvalue weighted by Crippen LogP contribution is -2.41. The zero-order chi connectivity index (χ0) is 15.0.